The molecule has 0 saturated carbocycles. The molecule has 1 aromatic rings. The maximum absolute atomic E-state index is 4.53. The van der Waals surface area contributed by atoms with Gasteiger partial charge in [-0.3, -0.25) is 4.99 Å². The molecule has 0 atom stereocenters. The molecule has 0 aromatic carbocycles. The summed E-state index contributed by atoms with van der Waals surface area (Å²) in [5.41, 5.74) is 1.15. The van der Waals surface area contributed by atoms with Crippen LogP contribution in [0.15, 0.2) is 4.99 Å². The Hall–Kier alpha value is -0.370. The van der Waals surface area contributed by atoms with Crippen LogP contribution in [-0.4, -0.2) is 31.1 Å². The van der Waals surface area contributed by atoms with Crippen molar-refractivity contribution in [2.24, 2.45) is 10.9 Å². The molecular weight excluding hydrogens is 371 g/mol. The Morgan fingerprint density at radius 3 is 2.47 bits per heavy atom. The van der Waals surface area contributed by atoms with Gasteiger partial charge in [-0.2, -0.15) is 0 Å². The van der Waals surface area contributed by atoms with E-state index in [9.17, 15) is 0 Å². The van der Waals surface area contributed by atoms with E-state index in [1.54, 1.807) is 18.4 Å². The van der Waals surface area contributed by atoms with Gasteiger partial charge in [-0.15, -0.1) is 35.3 Å². The van der Waals surface area contributed by atoms with Crippen molar-refractivity contribution in [3.63, 3.8) is 0 Å². The number of halogens is 1. The van der Waals surface area contributed by atoms with Crippen LogP contribution in [-0.2, 0) is 6.42 Å². The Bertz CT molecular complexity index is 382. The fourth-order valence-electron chi connectivity index (χ4n) is 1.46. The van der Waals surface area contributed by atoms with Crippen LogP contribution in [0.5, 0.6) is 0 Å². The molecule has 0 radical (unpaired) electrons. The molecular formula is C13H25IN4S. The first-order chi connectivity index (χ1) is 8.52. The van der Waals surface area contributed by atoms with Crippen molar-refractivity contribution in [2.45, 2.75) is 34.1 Å². The summed E-state index contributed by atoms with van der Waals surface area (Å²) in [7, 11) is 1.80. The molecule has 0 saturated heterocycles. The van der Waals surface area contributed by atoms with Gasteiger partial charge >= 0.3 is 0 Å². The first kappa shape index (κ1) is 18.6. The largest absolute Gasteiger partial charge is 0.356 e. The van der Waals surface area contributed by atoms with Crippen LogP contribution in [0.4, 0.5) is 0 Å². The second-order valence-electron chi connectivity index (χ2n) is 4.77. The average molecular weight is 396 g/mol. The molecule has 4 nitrogen and oxygen atoms in total. The molecule has 1 rings (SSSR count). The number of rotatable bonds is 5. The first-order valence-corrected chi connectivity index (χ1v) is 7.22. The normalized spacial score (nSPS) is 11.4. The zero-order valence-corrected chi connectivity index (χ0v) is 15.6. The van der Waals surface area contributed by atoms with Gasteiger partial charge in [-0.25, -0.2) is 4.98 Å². The number of nitrogens with one attached hydrogen (secondary N) is 2. The fraction of sp³-hybridized carbons (Fsp3) is 0.692. The van der Waals surface area contributed by atoms with Gasteiger partial charge < -0.3 is 10.6 Å². The van der Waals surface area contributed by atoms with Gasteiger partial charge in [-0.05, 0) is 19.8 Å². The quantitative estimate of drug-likeness (QED) is 0.457. The van der Waals surface area contributed by atoms with Crippen molar-refractivity contribution >= 4 is 41.3 Å². The molecule has 0 aliphatic rings. The molecule has 110 valence electrons. The molecule has 2 N–H and O–H groups in total. The van der Waals surface area contributed by atoms with Crippen molar-refractivity contribution in [1.82, 2.24) is 15.6 Å². The second kappa shape index (κ2) is 9.52. The highest BCUT2D eigenvalue weighted by molar-refractivity contribution is 14.0. The lowest BCUT2D eigenvalue weighted by Gasteiger charge is -2.12. The van der Waals surface area contributed by atoms with Crippen LogP contribution in [0.2, 0.25) is 0 Å². The molecule has 19 heavy (non-hydrogen) atoms. The average Bonchev–Trinajstić information content (AvgIpc) is 2.63. The minimum absolute atomic E-state index is 0. The van der Waals surface area contributed by atoms with E-state index in [2.05, 4.69) is 48.3 Å². The standard InChI is InChI=1S/C13H24N4S.HI/c1-9(2)8-16-13(14-5)15-7-6-12-17-10(3)11(4)18-12;/h9H,6-8H2,1-5H3,(H2,14,15,16);1H. The fourth-order valence-corrected chi connectivity index (χ4v) is 2.39. The topological polar surface area (TPSA) is 49.3 Å². The highest BCUT2D eigenvalue weighted by atomic mass is 127. The van der Waals surface area contributed by atoms with Crippen molar-refractivity contribution < 1.29 is 0 Å². The molecule has 1 heterocycles. The number of aromatic nitrogens is 1. The predicted molar refractivity (Wildman–Crippen MR) is 94.9 cm³/mol. The summed E-state index contributed by atoms with van der Waals surface area (Å²) >= 11 is 1.78. The predicted octanol–water partition coefficient (Wildman–Crippen LogP) is 2.74. The third kappa shape index (κ3) is 7.10. The molecule has 0 fully saturated rings. The van der Waals surface area contributed by atoms with Crippen LogP contribution in [0.1, 0.15) is 29.4 Å². The van der Waals surface area contributed by atoms with Crippen molar-refractivity contribution in [1.29, 1.82) is 0 Å². The Kier molecular flexibility index (Phi) is 9.34. The lowest BCUT2D eigenvalue weighted by molar-refractivity contribution is 0.614. The first-order valence-electron chi connectivity index (χ1n) is 6.40. The smallest absolute Gasteiger partial charge is 0.190 e. The lowest BCUT2D eigenvalue weighted by Crippen LogP contribution is -2.39. The Balaban J connectivity index is 0.00000324. The van der Waals surface area contributed by atoms with E-state index in [1.807, 2.05) is 0 Å². The summed E-state index contributed by atoms with van der Waals surface area (Å²) in [4.78, 5) is 10.0. The highest BCUT2D eigenvalue weighted by Crippen LogP contribution is 2.16. The van der Waals surface area contributed by atoms with Gasteiger partial charge in [0.25, 0.3) is 0 Å². The number of hydrogen-bond donors (Lipinski definition) is 2. The van der Waals surface area contributed by atoms with Gasteiger partial charge in [0.05, 0.1) is 10.7 Å². The molecule has 0 amide bonds. The third-order valence-corrected chi connectivity index (χ3v) is 3.74. The summed E-state index contributed by atoms with van der Waals surface area (Å²) in [6, 6.07) is 0. The number of thiazole rings is 1. The van der Waals surface area contributed by atoms with Gasteiger partial charge in [-0.1, -0.05) is 13.8 Å². The van der Waals surface area contributed by atoms with Crippen molar-refractivity contribution in [3.8, 4) is 0 Å². The summed E-state index contributed by atoms with van der Waals surface area (Å²) in [6.07, 6.45) is 0.946. The van der Waals surface area contributed by atoms with E-state index in [-0.39, 0.29) is 24.0 Å². The van der Waals surface area contributed by atoms with E-state index < -0.39 is 0 Å². The monoisotopic (exact) mass is 396 g/mol. The van der Waals surface area contributed by atoms with E-state index in [1.165, 1.54) is 9.88 Å². The lowest BCUT2D eigenvalue weighted by atomic mass is 10.2. The Morgan fingerprint density at radius 1 is 1.32 bits per heavy atom. The molecule has 0 unspecified atom stereocenters. The number of aliphatic imine (C=N–C) groups is 1. The van der Waals surface area contributed by atoms with Gasteiger partial charge in [0.2, 0.25) is 0 Å². The Morgan fingerprint density at radius 2 is 2.00 bits per heavy atom. The summed E-state index contributed by atoms with van der Waals surface area (Å²) < 4.78 is 0. The molecule has 0 spiro atoms. The summed E-state index contributed by atoms with van der Waals surface area (Å²) in [5, 5.41) is 7.79. The van der Waals surface area contributed by atoms with Crippen LogP contribution < -0.4 is 10.6 Å². The molecule has 0 bridgehead atoms. The number of nitrogens with zero attached hydrogens (tertiary/aromatic N) is 2. The van der Waals surface area contributed by atoms with E-state index in [0.29, 0.717) is 5.92 Å². The molecule has 0 aliphatic heterocycles. The summed E-state index contributed by atoms with van der Waals surface area (Å²) in [5.74, 6) is 1.49. The van der Waals surface area contributed by atoms with Crippen molar-refractivity contribution in [2.75, 3.05) is 20.1 Å². The number of guanidine groups is 1. The number of aryl methyl sites for hydroxylation is 2. The van der Waals surface area contributed by atoms with Crippen LogP contribution in [0, 0.1) is 19.8 Å². The SMILES string of the molecule is CN=C(NCCc1nc(C)c(C)s1)NCC(C)C.I. The summed E-state index contributed by atoms with van der Waals surface area (Å²) in [6.45, 7) is 10.3. The molecule has 6 heteroatoms. The van der Waals surface area contributed by atoms with Crippen LogP contribution in [0.25, 0.3) is 0 Å². The van der Waals surface area contributed by atoms with E-state index in [4.69, 9.17) is 0 Å². The Labute approximate surface area is 137 Å². The van der Waals surface area contributed by atoms with E-state index in [0.717, 1.165) is 31.2 Å². The van der Waals surface area contributed by atoms with Gasteiger partial charge in [0.1, 0.15) is 0 Å². The highest BCUT2D eigenvalue weighted by Gasteiger charge is 2.04. The zero-order chi connectivity index (χ0) is 13.5. The zero-order valence-electron chi connectivity index (χ0n) is 12.4. The van der Waals surface area contributed by atoms with Gasteiger partial charge in [0.15, 0.2) is 5.96 Å². The van der Waals surface area contributed by atoms with Crippen LogP contribution >= 0.6 is 35.3 Å². The minimum atomic E-state index is 0. The maximum atomic E-state index is 4.53. The molecule has 0 aliphatic carbocycles. The second-order valence-corrected chi connectivity index (χ2v) is 6.06. The third-order valence-electron chi connectivity index (χ3n) is 2.61. The maximum Gasteiger partial charge on any atom is 0.190 e. The minimum Gasteiger partial charge on any atom is -0.356 e. The molecule has 1 aromatic heterocycles. The van der Waals surface area contributed by atoms with E-state index >= 15 is 0 Å². The van der Waals surface area contributed by atoms with Gasteiger partial charge in [0, 0.05) is 31.4 Å². The van der Waals surface area contributed by atoms with Crippen LogP contribution in [0.3, 0.4) is 0 Å². The van der Waals surface area contributed by atoms with Crippen molar-refractivity contribution in [3.05, 3.63) is 15.6 Å². The number of hydrogen-bond acceptors (Lipinski definition) is 3.